The van der Waals surface area contributed by atoms with E-state index in [4.69, 9.17) is 14.4 Å². The summed E-state index contributed by atoms with van der Waals surface area (Å²) in [6.07, 6.45) is 1.99. The van der Waals surface area contributed by atoms with Crippen molar-refractivity contribution in [3.8, 4) is 5.75 Å². The highest BCUT2D eigenvalue weighted by molar-refractivity contribution is 5.94. The van der Waals surface area contributed by atoms with E-state index in [1.54, 1.807) is 29.2 Å². The van der Waals surface area contributed by atoms with Gasteiger partial charge in [-0.25, -0.2) is 0 Å². The predicted octanol–water partition coefficient (Wildman–Crippen LogP) is 2.15. The number of amides is 1. The maximum atomic E-state index is 12.6. The van der Waals surface area contributed by atoms with Gasteiger partial charge in [-0.05, 0) is 37.1 Å². The summed E-state index contributed by atoms with van der Waals surface area (Å²) in [6, 6.07) is 6.75. The molecule has 2 heterocycles. The molecule has 1 saturated heterocycles. The van der Waals surface area contributed by atoms with Crippen LogP contribution in [0.1, 0.15) is 41.8 Å². The Hall–Kier alpha value is -2.90. The fourth-order valence-corrected chi connectivity index (χ4v) is 2.88. The minimum Gasteiger partial charge on any atom is -0.485 e. The van der Waals surface area contributed by atoms with E-state index in [2.05, 4.69) is 10.1 Å². The summed E-state index contributed by atoms with van der Waals surface area (Å²) in [5, 5.41) is 13.0. The fourth-order valence-electron chi connectivity index (χ4n) is 2.88. The topological polar surface area (TPSA) is 106 Å². The number of likely N-dealkylation sites (tertiary alicyclic amines) is 1. The lowest BCUT2D eigenvalue weighted by atomic mass is 9.97. The molecule has 8 nitrogen and oxygen atoms in total. The smallest absolute Gasteiger partial charge is 0.308 e. The maximum Gasteiger partial charge on any atom is 0.308 e. The van der Waals surface area contributed by atoms with E-state index in [1.165, 1.54) is 0 Å². The minimum atomic E-state index is -0.848. The van der Waals surface area contributed by atoms with Crippen molar-refractivity contribution in [2.24, 2.45) is 5.92 Å². The molecule has 2 aromatic rings. The van der Waals surface area contributed by atoms with Crippen LogP contribution in [0.4, 0.5) is 0 Å². The lowest BCUT2D eigenvalue weighted by Gasteiger charge is -2.30. The van der Waals surface area contributed by atoms with Crippen molar-refractivity contribution in [3.05, 3.63) is 41.5 Å². The third-order valence-corrected chi connectivity index (χ3v) is 4.34. The molecule has 1 aliphatic heterocycles. The molecule has 26 heavy (non-hydrogen) atoms. The van der Waals surface area contributed by atoms with Gasteiger partial charge >= 0.3 is 5.97 Å². The summed E-state index contributed by atoms with van der Waals surface area (Å²) in [4.78, 5) is 29.5. The van der Waals surface area contributed by atoms with Crippen molar-refractivity contribution in [2.45, 2.75) is 32.8 Å². The van der Waals surface area contributed by atoms with Gasteiger partial charge in [0.15, 0.2) is 6.61 Å². The van der Waals surface area contributed by atoms with Crippen molar-refractivity contribution < 1.29 is 24.0 Å². The molecule has 8 heteroatoms. The molecule has 0 saturated carbocycles. The normalized spacial score (nSPS) is 17.1. The molecule has 0 unspecified atom stereocenters. The number of nitrogens with zero attached hydrogens (tertiary/aromatic N) is 3. The van der Waals surface area contributed by atoms with Crippen LogP contribution in [0, 0.1) is 5.92 Å². The lowest BCUT2D eigenvalue weighted by molar-refractivity contribution is -0.143. The number of piperidine rings is 1. The summed E-state index contributed by atoms with van der Waals surface area (Å²) < 4.78 is 10.6. The summed E-state index contributed by atoms with van der Waals surface area (Å²) in [5.41, 5.74) is 0.510. The summed E-state index contributed by atoms with van der Waals surface area (Å²) >= 11 is 0. The van der Waals surface area contributed by atoms with Gasteiger partial charge < -0.3 is 19.3 Å². The van der Waals surface area contributed by atoms with E-state index >= 15 is 0 Å². The number of rotatable bonds is 6. The summed E-state index contributed by atoms with van der Waals surface area (Å²) in [6.45, 7) is 2.95. The van der Waals surface area contributed by atoms with Gasteiger partial charge in [-0.3, -0.25) is 9.59 Å². The van der Waals surface area contributed by atoms with Crippen LogP contribution >= 0.6 is 0 Å². The third kappa shape index (κ3) is 4.19. The second-order valence-corrected chi connectivity index (χ2v) is 6.20. The first-order chi connectivity index (χ1) is 12.6. The van der Waals surface area contributed by atoms with E-state index in [0.717, 1.165) is 0 Å². The zero-order valence-corrected chi connectivity index (χ0v) is 14.6. The average Bonchev–Trinajstić information content (AvgIpc) is 3.14. The van der Waals surface area contributed by atoms with Crippen molar-refractivity contribution in [3.63, 3.8) is 0 Å². The maximum absolute atomic E-state index is 12.6. The molecule has 3 rings (SSSR count). The second-order valence-electron chi connectivity index (χ2n) is 6.20. The zero-order valence-electron chi connectivity index (χ0n) is 14.6. The number of carbonyl (C=O) groups excluding carboxylic acids is 1. The van der Waals surface area contributed by atoms with Crippen LogP contribution in [0.15, 0.2) is 28.8 Å². The predicted molar refractivity (Wildman–Crippen MR) is 90.7 cm³/mol. The molecule has 0 aliphatic carbocycles. The Morgan fingerprint density at radius 3 is 2.77 bits per heavy atom. The highest BCUT2D eigenvalue weighted by Gasteiger charge is 2.28. The molecule has 1 aliphatic rings. The summed E-state index contributed by atoms with van der Waals surface area (Å²) in [5.74, 6) is 0.123. The van der Waals surface area contributed by atoms with Gasteiger partial charge in [-0.2, -0.15) is 4.98 Å². The molecule has 0 radical (unpaired) electrons. The highest BCUT2D eigenvalue weighted by atomic mass is 16.5. The molecular weight excluding hydrogens is 338 g/mol. The van der Waals surface area contributed by atoms with Crippen LogP contribution in [-0.2, 0) is 17.8 Å². The van der Waals surface area contributed by atoms with E-state index in [9.17, 15) is 9.59 Å². The Morgan fingerprint density at radius 1 is 1.35 bits per heavy atom. The van der Waals surface area contributed by atoms with Crippen LogP contribution in [0.25, 0.3) is 0 Å². The second kappa shape index (κ2) is 7.99. The fraction of sp³-hybridized carbons (Fsp3) is 0.444. The Morgan fingerprint density at radius 2 is 2.12 bits per heavy atom. The molecular formula is C18H21N3O5. The lowest BCUT2D eigenvalue weighted by Crippen LogP contribution is -2.42. The van der Waals surface area contributed by atoms with Gasteiger partial charge in [-0.1, -0.05) is 12.1 Å². The molecule has 1 aromatic heterocycles. The number of hydrogen-bond donors (Lipinski definition) is 1. The molecule has 0 spiro atoms. The highest BCUT2D eigenvalue weighted by Crippen LogP contribution is 2.20. The molecule has 1 atom stereocenters. The van der Waals surface area contributed by atoms with Gasteiger partial charge in [0, 0.05) is 25.1 Å². The molecule has 1 aromatic carbocycles. The standard InChI is InChI=1S/C18H21N3O5/c1-2-16-19-15(20-26-16)11-25-14-7-5-12(6-8-14)17(22)21-9-3-4-13(10-21)18(23)24/h5-8,13H,2-4,9-11H2,1H3,(H,23,24)/t13-/m1/s1. The number of carbonyl (C=O) groups is 2. The van der Waals surface area contributed by atoms with Crippen molar-refractivity contribution in [1.29, 1.82) is 0 Å². The number of benzene rings is 1. The molecule has 1 N–H and O–H groups in total. The number of aromatic nitrogens is 2. The van der Waals surface area contributed by atoms with Gasteiger partial charge in [-0.15, -0.1) is 0 Å². The van der Waals surface area contributed by atoms with Crippen LogP contribution < -0.4 is 4.74 Å². The van der Waals surface area contributed by atoms with Crippen LogP contribution in [0.3, 0.4) is 0 Å². The number of carboxylic acids is 1. The van der Waals surface area contributed by atoms with Gasteiger partial charge in [0.05, 0.1) is 5.92 Å². The van der Waals surface area contributed by atoms with Gasteiger partial charge in [0.1, 0.15) is 5.75 Å². The average molecular weight is 359 g/mol. The third-order valence-electron chi connectivity index (χ3n) is 4.34. The van der Waals surface area contributed by atoms with Crippen molar-refractivity contribution in [2.75, 3.05) is 13.1 Å². The Bertz CT molecular complexity index is 771. The molecule has 0 bridgehead atoms. The number of aryl methyl sites for hydroxylation is 1. The summed E-state index contributed by atoms with van der Waals surface area (Å²) in [7, 11) is 0. The van der Waals surface area contributed by atoms with Crippen molar-refractivity contribution in [1.82, 2.24) is 15.0 Å². The van der Waals surface area contributed by atoms with Gasteiger partial charge in [0.25, 0.3) is 5.91 Å². The number of hydrogen-bond acceptors (Lipinski definition) is 6. The quantitative estimate of drug-likeness (QED) is 0.842. The Labute approximate surface area is 150 Å². The van der Waals surface area contributed by atoms with E-state index in [-0.39, 0.29) is 19.1 Å². The number of aliphatic carboxylic acids is 1. The Balaban J connectivity index is 1.58. The van der Waals surface area contributed by atoms with Crippen LogP contribution in [0.5, 0.6) is 5.75 Å². The van der Waals surface area contributed by atoms with E-state index in [1.807, 2.05) is 6.92 Å². The zero-order chi connectivity index (χ0) is 18.5. The number of ether oxygens (including phenoxy) is 1. The van der Waals surface area contributed by atoms with Crippen LogP contribution in [-0.4, -0.2) is 45.1 Å². The first-order valence-electron chi connectivity index (χ1n) is 8.63. The molecule has 1 fully saturated rings. The first kappa shape index (κ1) is 17.9. The number of carboxylic acid groups (broad SMARTS) is 1. The van der Waals surface area contributed by atoms with Crippen molar-refractivity contribution >= 4 is 11.9 Å². The monoisotopic (exact) mass is 359 g/mol. The van der Waals surface area contributed by atoms with E-state index in [0.29, 0.717) is 48.8 Å². The van der Waals surface area contributed by atoms with Crippen LogP contribution in [0.2, 0.25) is 0 Å². The minimum absolute atomic E-state index is 0.159. The van der Waals surface area contributed by atoms with E-state index < -0.39 is 11.9 Å². The Kier molecular flexibility index (Phi) is 5.50. The largest absolute Gasteiger partial charge is 0.485 e. The van der Waals surface area contributed by atoms with Gasteiger partial charge in [0.2, 0.25) is 11.7 Å². The SMILES string of the molecule is CCc1nc(COc2ccc(C(=O)N3CCC[C@@H](C(=O)O)C3)cc2)no1. The molecule has 1 amide bonds. The molecule has 138 valence electrons. The first-order valence-corrected chi connectivity index (χ1v) is 8.63.